The highest BCUT2D eigenvalue weighted by Gasteiger charge is 2.23. The third-order valence-electron chi connectivity index (χ3n) is 3.76. The Morgan fingerprint density at radius 3 is 1.73 bits per heavy atom. The number of aryl methyl sites for hydroxylation is 4. The van der Waals surface area contributed by atoms with Crippen molar-refractivity contribution in [1.82, 2.24) is 15.2 Å². The van der Waals surface area contributed by atoms with Crippen molar-refractivity contribution in [3.8, 4) is 0 Å². The van der Waals surface area contributed by atoms with E-state index in [2.05, 4.69) is 10.3 Å². The fourth-order valence-electron chi connectivity index (χ4n) is 2.34. The van der Waals surface area contributed by atoms with E-state index in [-0.39, 0.29) is 5.91 Å². The van der Waals surface area contributed by atoms with Crippen LogP contribution in [-0.4, -0.2) is 27.2 Å². The van der Waals surface area contributed by atoms with E-state index in [1.54, 1.807) is 11.8 Å². The quantitative estimate of drug-likeness (QED) is 0.904. The summed E-state index contributed by atoms with van der Waals surface area (Å²) < 4.78 is 10.3. The van der Waals surface area contributed by atoms with Gasteiger partial charge in [0.1, 0.15) is 11.5 Å². The SMILES string of the molecule is Cc1noc(C)c1CN(Cc1c(C)noc1C)C(=O)[C@@H](C)N. The Labute approximate surface area is 129 Å². The summed E-state index contributed by atoms with van der Waals surface area (Å²) in [4.78, 5) is 14.1. The summed E-state index contributed by atoms with van der Waals surface area (Å²) in [6.07, 6.45) is 0. The molecule has 1 atom stereocenters. The summed E-state index contributed by atoms with van der Waals surface area (Å²) in [5, 5.41) is 7.86. The maximum Gasteiger partial charge on any atom is 0.239 e. The molecule has 2 aromatic heterocycles. The standard InChI is InChI=1S/C15H22N4O3/c1-8(16)15(20)19(6-13-9(2)17-21-11(13)4)7-14-10(3)18-22-12(14)5/h8H,6-7,16H2,1-5H3/t8-/m1/s1. The number of rotatable bonds is 5. The maximum absolute atomic E-state index is 12.4. The average Bonchev–Trinajstić information content (AvgIpc) is 2.94. The van der Waals surface area contributed by atoms with Crippen LogP contribution in [0.2, 0.25) is 0 Å². The number of carbonyl (C=O) groups is 1. The van der Waals surface area contributed by atoms with Gasteiger partial charge in [0, 0.05) is 11.1 Å². The van der Waals surface area contributed by atoms with Gasteiger partial charge >= 0.3 is 0 Å². The highest BCUT2D eigenvalue weighted by molar-refractivity contribution is 5.81. The van der Waals surface area contributed by atoms with Gasteiger partial charge in [0.25, 0.3) is 0 Å². The zero-order chi connectivity index (χ0) is 16.4. The molecule has 2 aromatic rings. The molecule has 7 heteroatoms. The molecule has 0 saturated heterocycles. The molecule has 0 aliphatic rings. The predicted octanol–water partition coefficient (Wildman–Crippen LogP) is 1.77. The van der Waals surface area contributed by atoms with E-state index in [0.717, 1.165) is 22.5 Å². The molecule has 0 spiro atoms. The second-order valence-corrected chi connectivity index (χ2v) is 5.59. The Morgan fingerprint density at radius 1 is 1.05 bits per heavy atom. The van der Waals surface area contributed by atoms with Crippen LogP contribution < -0.4 is 5.73 Å². The van der Waals surface area contributed by atoms with Crippen LogP contribution in [0.25, 0.3) is 0 Å². The Hall–Kier alpha value is -2.15. The molecule has 0 unspecified atom stereocenters. The van der Waals surface area contributed by atoms with E-state index in [1.165, 1.54) is 0 Å². The smallest absolute Gasteiger partial charge is 0.239 e. The molecule has 2 N–H and O–H groups in total. The molecule has 0 bridgehead atoms. The van der Waals surface area contributed by atoms with Crippen LogP contribution in [0.1, 0.15) is 41.0 Å². The summed E-state index contributed by atoms with van der Waals surface area (Å²) in [5.41, 5.74) is 9.14. The number of hydrogen-bond acceptors (Lipinski definition) is 6. The van der Waals surface area contributed by atoms with Crippen LogP contribution in [-0.2, 0) is 17.9 Å². The van der Waals surface area contributed by atoms with Crippen molar-refractivity contribution in [2.24, 2.45) is 5.73 Å². The van der Waals surface area contributed by atoms with E-state index in [1.807, 2.05) is 27.7 Å². The van der Waals surface area contributed by atoms with Gasteiger partial charge in [0.2, 0.25) is 5.91 Å². The van der Waals surface area contributed by atoms with Gasteiger partial charge in [-0.2, -0.15) is 0 Å². The Bertz CT molecular complexity index is 585. The minimum atomic E-state index is -0.582. The first kappa shape index (κ1) is 16.2. The van der Waals surface area contributed by atoms with Crippen molar-refractivity contribution in [3.05, 3.63) is 34.0 Å². The summed E-state index contributed by atoms with van der Waals surface area (Å²) in [7, 11) is 0. The highest BCUT2D eigenvalue weighted by Crippen LogP contribution is 2.20. The topological polar surface area (TPSA) is 98.4 Å². The van der Waals surface area contributed by atoms with E-state index in [0.29, 0.717) is 24.6 Å². The zero-order valence-corrected chi connectivity index (χ0v) is 13.6. The third-order valence-corrected chi connectivity index (χ3v) is 3.76. The summed E-state index contributed by atoms with van der Waals surface area (Å²) in [6.45, 7) is 9.85. The van der Waals surface area contributed by atoms with Crippen molar-refractivity contribution < 1.29 is 13.8 Å². The first-order valence-corrected chi connectivity index (χ1v) is 7.19. The molecule has 0 saturated carbocycles. The highest BCUT2D eigenvalue weighted by atomic mass is 16.5. The van der Waals surface area contributed by atoms with Gasteiger partial charge in [-0.15, -0.1) is 0 Å². The number of hydrogen-bond donors (Lipinski definition) is 1. The molecule has 120 valence electrons. The molecule has 7 nitrogen and oxygen atoms in total. The van der Waals surface area contributed by atoms with Crippen LogP contribution >= 0.6 is 0 Å². The first-order valence-electron chi connectivity index (χ1n) is 7.19. The molecule has 0 aliphatic heterocycles. The Kier molecular flexibility index (Phi) is 4.65. The Morgan fingerprint density at radius 2 is 1.45 bits per heavy atom. The van der Waals surface area contributed by atoms with Gasteiger partial charge in [0.15, 0.2) is 0 Å². The largest absolute Gasteiger partial charge is 0.361 e. The van der Waals surface area contributed by atoms with Crippen LogP contribution in [0.5, 0.6) is 0 Å². The maximum atomic E-state index is 12.4. The van der Waals surface area contributed by atoms with Crippen molar-refractivity contribution in [2.75, 3.05) is 0 Å². The van der Waals surface area contributed by atoms with Crippen molar-refractivity contribution in [1.29, 1.82) is 0 Å². The number of nitrogens with two attached hydrogens (primary N) is 1. The molecule has 0 radical (unpaired) electrons. The van der Waals surface area contributed by atoms with Gasteiger partial charge in [-0.05, 0) is 34.6 Å². The molecule has 0 aliphatic carbocycles. The molecule has 0 fully saturated rings. The molecule has 1 amide bonds. The first-order chi connectivity index (χ1) is 10.3. The molecular weight excluding hydrogens is 284 g/mol. The van der Waals surface area contributed by atoms with Crippen LogP contribution in [0.3, 0.4) is 0 Å². The van der Waals surface area contributed by atoms with E-state index in [9.17, 15) is 4.79 Å². The lowest BCUT2D eigenvalue weighted by atomic mass is 10.1. The lowest BCUT2D eigenvalue weighted by Crippen LogP contribution is -2.41. The van der Waals surface area contributed by atoms with Crippen molar-refractivity contribution in [2.45, 2.75) is 53.8 Å². The molecular formula is C15H22N4O3. The summed E-state index contributed by atoms with van der Waals surface area (Å²) in [6, 6.07) is -0.582. The van der Waals surface area contributed by atoms with E-state index >= 15 is 0 Å². The lowest BCUT2D eigenvalue weighted by Gasteiger charge is -2.24. The molecule has 2 heterocycles. The van der Waals surface area contributed by atoms with Crippen LogP contribution in [0.15, 0.2) is 9.05 Å². The van der Waals surface area contributed by atoms with Gasteiger partial charge in [0.05, 0.1) is 30.5 Å². The van der Waals surface area contributed by atoms with Crippen LogP contribution in [0, 0.1) is 27.7 Å². The van der Waals surface area contributed by atoms with Crippen LogP contribution in [0.4, 0.5) is 0 Å². The van der Waals surface area contributed by atoms with Crippen molar-refractivity contribution >= 4 is 5.91 Å². The average molecular weight is 306 g/mol. The van der Waals surface area contributed by atoms with Gasteiger partial charge in [-0.1, -0.05) is 10.3 Å². The summed E-state index contributed by atoms with van der Waals surface area (Å²) >= 11 is 0. The van der Waals surface area contributed by atoms with E-state index in [4.69, 9.17) is 14.8 Å². The minimum absolute atomic E-state index is 0.139. The third kappa shape index (κ3) is 3.19. The lowest BCUT2D eigenvalue weighted by molar-refractivity contribution is -0.133. The van der Waals surface area contributed by atoms with E-state index < -0.39 is 6.04 Å². The number of amides is 1. The zero-order valence-electron chi connectivity index (χ0n) is 13.6. The fourth-order valence-corrected chi connectivity index (χ4v) is 2.34. The fraction of sp³-hybridized carbons (Fsp3) is 0.533. The van der Waals surface area contributed by atoms with Gasteiger partial charge < -0.3 is 19.7 Å². The number of aromatic nitrogens is 2. The normalized spacial score (nSPS) is 12.5. The Balaban J connectivity index is 2.30. The van der Waals surface area contributed by atoms with Gasteiger partial charge in [-0.3, -0.25) is 4.79 Å². The second-order valence-electron chi connectivity index (χ2n) is 5.59. The minimum Gasteiger partial charge on any atom is -0.361 e. The predicted molar refractivity (Wildman–Crippen MR) is 79.9 cm³/mol. The number of nitrogens with zero attached hydrogens (tertiary/aromatic N) is 3. The number of carbonyl (C=O) groups excluding carboxylic acids is 1. The summed E-state index contributed by atoms with van der Waals surface area (Å²) in [5.74, 6) is 1.28. The molecule has 22 heavy (non-hydrogen) atoms. The monoisotopic (exact) mass is 306 g/mol. The molecule has 0 aromatic carbocycles. The van der Waals surface area contributed by atoms with Gasteiger partial charge in [-0.25, -0.2) is 0 Å². The molecule has 2 rings (SSSR count). The second kappa shape index (κ2) is 6.31. The van der Waals surface area contributed by atoms with Crippen molar-refractivity contribution in [3.63, 3.8) is 0 Å².